The van der Waals surface area contributed by atoms with Crippen LogP contribution in [0.1, 0.15) is 23.7 Å². The molecule has 0 aliphatic carbocycles. The van der Waals surface area contributed by atoms with Gasteiger partial charge in [0.05, 0.1) is 17.7 Å². The molecule has 1 aromatic carbocycles. The molecule has 0 saturated carbocycles. The largest absolute Gasteiger partial charge is 0.376 e. The van der Waals surface area contributed by atoms with E-state index in [2.05, 4.69) is 15.9 Å². The number of halogens is 2. The van der Waals surface area contributed by atoms with Gasteiger partial charge in [-0.15, -0.1) is 0 Å². The van der Waals surface area contributed by atoms with Crippen LogP contribution < -0.4 is 0 Å². The van der Waals surface area contributed by atoms with Gasteiger partial charge in [0.1, 0.15) is 5.82 Å². The summed E-state index contributed by atoms with van der Waals surface area (Å²) in [7, 11) is 1.69. The van der Waals surface area contributed by atoms with Gasteiger partial charge in [0, 0.05) is 18.1 Å². The number of carbonyl (C=O) groups is 1. The van der Waals surface area contributed by atoms with E-state index in [4.69, 9.17) is 4.74 Å². The highest BCUT2D eigenvalue weighted by Crippen LogP contribution is 2.22. The summed E-state index contributed by atoms with van der Waals surface area (Å²) in [4.78, 5) is 13.8. The number of hydrogen-bond donors (Lipinski definition) is 0. The number of likely N-dealkylation sites (N-methyl/N-ethyl adjacent to an activating group) is 1. The number of hydrogen-bond acceptors (Lipinski definition) is 2. The van der Waals surface area contributed by atoms with Crippen molar-refractivity contribution in [2.75, 3.05) is 13.7 Å². The molecule has 0 aromatic heterocycles. The van der Waals surface area contributed by atoms with Gasteiger partial charge in [-0.25, -0.2) is 4.39 Å². The van der Waals surface area contributed by atoms with Crippen molar-refractivity contribution in [1.29, 1.82) is 0 Å². The van der Waals surface area contributed by atoms with Gasteiger partial charge in [0.25, 0.3) is 5.91 Å². The molecule has 2 rings (SSSR count). The number of rotatable bonds is 2. The van der Waals surface area contributed by atoms with Crippen LogP contribution in [0.15, 0.2) is 22.7 Å². The van der Waals surface area contributed by atoms with Crippen LogP contribution in [0.25, 0.3) is 0 Å². The smallest absolute Gasteiger partial charge is 0.256 e. The van der Waals surface area contributed by atoms with E-state index in [0.717, 1.165) is 6.42 Å². The molecular weight excluding hydrogens is 301 g/mol. The van der Waals surface area contributed by atoms with Crippen molar-refractivity contribution in [3.05, 3.63) is 34.1 Å². The predicted molar refractivity (Wildman–Crippen MR) is 70.0 cm³/mol. The Morgan fingerprint density at radius 2 is 2.28 bits per heavy atom. The maximum atomic E-state index is 13.7. The zero-order valence-electron chi connectivity index (χ0n) is 10.3. The zero-order chi connectivity index (χ0) is 13.3. The summed E-state index contributed by atoms with van der Waals surface area (Å²) >= 11 is 3.25. The standard InChI is InChI=1S/C13H15BrFNO2/c1-8-12(5-6-18-8)16(2)13(17)10-7-9(14)3-4-11(10)15/h3-4,7-8,12H,5-6H2,1-2H3. The summed E-state index contributed by atoms with van der Waals surface area (Å²) in [6.07, 6.45) is 0.785. The molecule has 3 nitrogen and oxygen atoms in total. The van der Waals surface area contributed by atoms with E-state index in [9.17, 15) is 9.18 Å². The van der Waals surface area contributed by atoms with Crippen molar-refractivity contribution >= 4 is 21.8 Å². The Labute approximate surface area is 114 Å². The summed E-state index contributed by atoms with van der Waals surface area (Å²) in [6, 6.07) is 4.39. The van der Waals surface area contributed by atoms with Gasteiger partial charge in [-0.05, 0) is 31.5 Å². The van der Waals surface area contributed by atoms with Crippen molar-refractivity contribution in [2.45, 2.75) is 25.5 Å². The Morgan fingerprint density at radius 1 is 1.56 bits per heavy atom. The number of nitrogens with zero attached hydrogens (tertiary/aromatic N) is 1. The van der Waals surface area contributed by atoms with Crippen LogP contribution in [-0.4, -0.2) is 36.6 Å². The minimum atomic E-state index is -0.499. The molecule has 0 N–H and O–H groups in total. The summed E-state index contributed by atoms with van der Waals surface area (Å²) in [6.45, 7) is 2.57. The average molecular weight is 316 g/mol. The van der Waals surface area contributed by atoms with Crippen LogP contribution in [0, 0.1) is 5.82 Å². The lowest BCUT2D eigenvalue weighted by molar-refractivity contribution is 0.0571. The van der Waals surface area contributed by atoms with Gasteiger partial charge < -0.3 is 9.64 Å². The molecule has 1 aliphatic rings. The number of amides is 1. The minimum Gasteiger partial charge on any atom is -0.376 e. The minimum absolute atomic E-state index is 0.00540. The van der Waals surface area contributed by atoms with Crippen LogP contribution >= 0.6 is 15.9 Å². The van der Waals surface area contributed by atoms with E-state index in [1.165, 1.54) is 12.1 Å². The van der Waals surface area contributed by atoms with Crippen molar-refractivity contribution in [2.24, 2.45) is 0 Å². The lowest BCUT2D eigenvalue weighted by Gasteiger charge is -2.27. The average Bonchev–Trinajstić information content (AvgIpc) is 2.77. The highest BCUT2D eigenvalue weighted by Gasteiger charge is 2.31. The predicted octanol–water partition coefficient (Wildman–Crippen LogP) is 2.84. The summed E-state index contributed by atoms with van der Waals surface area (Å²) in [5.41, 5.74) is 0.0889. The van der Waals surface area contributed by atoms with Gasteiger partial charge in [-0.2, -0.15) is 0 Å². The first kappa shape index (κ1) is 13.5. The number of carbonyl (C=O) groups excluding carboxylic acids is 1. The van der Waals surface area contributed by atoms with E-state index >= 15 is 0 Å². The molecule has 1 amide bonds. The number of benzene rings is 1. The third-order valence-corrected chi connectivity index (χ3v) is 3.81. The molecule has 18 heavy (non-hydrogen) atoms. The van der Waals surface area contributed by atoms with Crippen LogP contribution in [0.4, 0.5) is 4.39 Å². The fourth-order valence-electron chi connectivity index (χ4n) is 2.23. The van der Waals surface area contributed by atoms with E-state index in [1.807, 2.05) is 6.92 Å². The molecule has 1 saturated heterocycles. The highest BCUT2D eigenvalue weighted by molar-refractivity contribution is 9.10. The van der Waals surface area contributed by atoms with Crippen LogP contribution in [0.3, 0.4) is 0 Å². The molecule has 0 bridgehead atoms. The first-order valence-electron chi connectivity index (χ1n) is 5.84. The molecule has 0 radical (unpaired) electrons. The maximum Gasteiger partial charge on any atom is 0.256 e. The van der Waals surface area contributed by atoms with Gasteiger partial charge in [-0.3, -0.25) is 4.79 Å². The summed E-state index contributed by atoms with van der Waals surface area (Å²) < 4.78 is 19.8. The monoisotopic (exact) mass is 315 g/mol. The fourth-order valence-corrected chi connectivity index (χ4v) is 2.59. The van der Waals surface area contributed by atoms with Crippen LogP contribution in [-0.2, 0) is 4.74 Å². The number of ether oxygens (including phenoxy) is 1. The molecule has 0 spiro atoms. The molecule has 5 heteroatoms. The molecule has 1 fully saturated rings. The van der Waals surface area contributed by atoms with Gasteiger partial charge in [0.2, 0.25) is 0 Å². The van der Waals surface area contributed by atoms with Gasteiger partial charge in [0.15, 0.2) is 0 Å². The first-order valence-corrected chi connectivity index (χ1v) is 6.64. The van der Waals surface area contributed by atoms with E-state index in [-0.39, 0.29) is 23.6 Å². The third-order valence-electron chi connectivity index (χ3n) is 3.31. The summed E-state index contributed by atoms with van der Waals surface area (Å²) in [5, 5.41) is 0. The first-order chi connectivity index (χ1) is 8.50. The fraction of sp³-hybridized carbons (Fsp3) is 0.462. The lowest BCUT2D eigenvalue weighted by Crippen LogP contribution is -2.41. The van der Waals surface area contributed by atoms with Crippen LogP contribution in [0.2, 0.25) is 0 Å². The Morgan fingerprint density at radius 3 is 2.89 bits per heavy atom. The van der Waals surface area contributed by atoms with Crippen LogP contribution in [0.5, 0.6) is 0 Å². The maximum absolute atomic E-state index is 13.7. The molecule has 2 unspecified atom stereocenters. The second-order valence-electron chi connectivity index (χ2n) is 4.47. The Bertz CT molecular complexity index is 466. The topological polar surface area (TPSA) is 29.5 Å². The van der Waals surface area contributed by atoms with Crippen molar-refractivity contribution < 1.29 is 13.9 Å². The third kappa shape index (κ3) is 2.57. The zero-order valence-corrected chi connectivity index (χ0v) is 11.9. The van der Waals surface area contributed by atoms with Crippen molar-refractivity contribution in [1.82, 2.24) is 4.90 Å². The molecule has 2 atom stereocenters. The normalized spacial score (nSPS) is 23.1. The highest BCUT2D eigenvalue weighted by atomic mass is 79.9. The molecular formula is C13H15BrFNO2. The Kier molecular flexibility index (Phi) is 4.02. The van der Waals surface area contributed by atoms with E-state index < -0.39 is 5.82 Å². The summed E-state index contributed by atoms with van der Waals surface area (Å²) in [5.74, 6) is -0.808. The van der Waals surface area contributed by atoms with Crippen molar-refractivity contribution in [3.63, 3.8) is 0 Å². The van der Waals surface area contributed by atoms with Crippen molar-refractivity contribution in [3.8, 4) is 0 Å². The van der Waals surface area contributed by atoms with E-state index in [1.54, 1.807) is 18.0 Å². The SMILES string of the molecule is CC1OCCC1N(C)C(=O)c1cc(Br)ccc1F. The van der Waals surface area contributed by atoms with Gasteiger partial charge >= 0.3 is 0 Å². The molecule has 98 valence electrons. The second kappa shape index (κ2) is 5.36. The molecule has 1 aromatic rings. The quantitative estimate of drug-likeness (QED) is 0.840. The second-order valence-corrected chi connectivity index (χ2v) is 5.39. The Hall–Kier alpha value is -0.940. The lowest BCUT2D eigenvalue weighted by atomic mass is 10.1. The van der Waals surface area contributed by atoms with E-state index in [0.29, 0.717) is 11.1 Å². The molecule has 1 aliphatic heterocycles. The Balaban J connectivity index is 2.22. The van der Waals surface area contributed by atoms with Gasteiger partial charge in [-0.1, -0.05) is 15.9 Å². The molecule has 1 heterocycles.